The molecule has 2 aromatic carbocycles. The maximum absolute atomic E-state index is 13.0. The topological polar surface area (TPSA) is 89.5 Å². The van der Waals surface area contributed by atoms with Crippen LogP contribution in [0.2, 0.25) is 0 Å². The monoisotopic (exact) mass is 477 g/mol. The Morgan fingerprint density at radius 2 is 1.76 bits per heavy atom. The molecular weight excluding hydrogens is 454 g/mol. The standard InChI is InChI=1S/C25H23N3O5S/c1-5-33-25(30)20-15-18(14-17(2)23(20)28(12-10-26-3)13-11-27-4)16-22-24(29)19-8-6-7-9-21(19)34(22,31)32/h6-9,14-16H,5,10-13H2,1-2H3. The van der Waals surface area contributed by atoms with E-state index in [1.807, 2.05) is 0 Å². The first-order valence-corrected chi connectivity index (χ1v) is 12.1. The van der Waals surface area contributed by atoms with Crippen LogP contribution in [0.25, 0.3) is 15.8 Å². The van der Waals surface area contributed by atoms with Crippen LogP contribution in [0.15, 0.2) is 46.2 Å². The molecule has 174 valence electrons. The van der Waals surface area contributed by atoms with Crippen molar-refractivity contribution in [3.63, 3.8) is 0 Å². The van der Waals surface area contributed by atoms with E-state index in [0.29, 0.717) is 29.9 Å². The molecule has 3 rings (SSSR count). The van der Waals surface area contributed by atoms with E-state index < -0.39 is 21.6 Å². The Balaban J connectivity index is 2.16. The van der Waals surface area contributed by atoms with Crippen molar-refractivity contribution in [3.8, 4) is 0 Å². The van der Waals surface area contributed by atoms with Gasteiger partial charge in [-0.2, -0.15) is 0 Å². The Bertz CT molecular complexity index is 1350. The first kappa shape index (κ1) is 24.7. The fourth-order valence-electron chi connectivity index (χ4n) is 3.91. The van der Waals surface area contributed by atoms with Gasteiger partial charge >= 0.3 is 5.97 Å². The molecule has 0 fully saturated rings. The van der Waals surface area contributed by atoms with Gasteiger partial charge in [-0.3, -0.25) is 4.79 Å². The van der Waals surface area contributed by atoms with E-state index in [-0.39, 0.29) is 40.6 Å². The summed E-state index contributed by atoms with van der Waals surface area (Å²) in [4.78, 5) is 33.9. The quantitative estimate of drug-likeness (QED) is 0.326. The number of anilines is 1. The van der Waals surface area contributed by atoms with E-state index in [2.05, 4.69) is 9.69 Å². The number of hydrogen-bond donors (Lipinski definition) is 0. The number of carbonyl (C=O) groups is 2. The van der Waals surface area contributed by atoms with Crippen LogP contribution in [-0.4, -0.2) is 53.0 Å². The summed E-state index contributed by atoms with van der Waals surface area (Å²) in [6.07, 6.45) is 1.28. The minimum absolute atomic E-state index is 0.0327. The van der Waals surface area contributed by atoms with Gasteiger partial charge in [0.1, 0.15) is 4.91 Å². The molecule has 0 amide bonds. The van der Waals surface area contributed by atoms with E-state index in [1.165, 1.54) is 24.3 Å². The van der Waals surface area contributed by atoms with Crippen molar-refractivity contribution >= 4 is 33.4 Å². The normalized spacial score (nSPS) is 14.8. The maximum atomic E-state index is 13.0. The number of benzene rings is 2. The van der Waals surface area contributed by atoms with Gasteiger partial charge in [-0.1, -0.05) is 12.1 Å². The molecule has 0 N–H and O–H groups in total. The van der Waals surface area contributed by atoms with Gasteiger partial charge in [-0.25, -0.2) is 26.4 Å². The predicted molar refractivity (Wildman–Crippen MR) is 128 cm³/mol. The zero-order valence-corrected chi connectivity index (χ0v) is 19.7. The summed E-state index contributed by atoms with van der Waals surface area (Å²) in [5.41, 5.74) is 1.82. The van der Waals surface area contributed by atoms with Crippen LogP contribution in [0.3, 0.4) is 0 Å². The second-order valence-electron chi connectivity index (χ2n) is 7.54. The molecule has 0 unspecified atom stereocenters. The molecule has 34 heavy (non-hydrogen) atoms. The second-order valence-corrected chi connectivity index (χ2v) is 9.43. The minimum atomic E-state index is -3.98. The number of rotatable bonds is 8. The lowest BCUT2D eigenvalue weighted by atomic mass is 10.0. The predicted octanol–water partition coefficient (Wildman–Crippen LogP) is 3.83. The fraction of sp³-hybridized carbons (Fsp3) is 0.280. The fourth-order valence-corrected chi connectivity index (χ4v) is 5.50. The average Bonchev–Trinajstić information content (AvgIpc) is 3.00. The maximum Gasteiger partial charge on any atom is 0.340 e. The number of carbonyl (C=O) groups excluding carboxylic acids is 2. The van der Waals surface area contributed by atoms with Crippen molar-refractivity contribution in [3.05, 3.63) is 86.4 Å². The number of esters is 1. The van der Waals surface area contributed by atoms with Gasteiger partial charge in [0.2, 0.25) is 28.7 Å². The smallest absolute Gasteiger partial charge is 0.340 e. The first-order chi connectivity index (χ1) is 16.3. The molecule has 1 heterocycles. The van der Waals surface area contributed by atoms with Gasteiger partial charge in [0, 0.05) is 5.56 Å². The minimum Gasteiger partial charge on any atom is -0.462 e. The third-order valence-corrected chi connectivity index (χ3v) is 7.15. The third-order valence-electron chi connectivity index (χ3n) is 5.33. The molecule has 2 aromatic rings. The van der Waals surface area contributed by atoms with Crippen molar-refractivity contribution in [2.24, 2.45) is 0 Å². The molecule has 0 aromatic heterocycles. The van der Waals surface area contributed by atoms with Gasteiger partial charge in [0.05, 0.1) is 35.8 Å². The average molecular weight is 478 g/mol. The van der Waals surface area contributed by atoms with Gasteiger partial charge in [0.15, 0.2) is 0 Å². The van der Waals surface area contributed by atoms with Crippen LogP contribution < -0.4 is 4.90 Å². The Morgan fingerprint density at radius 3 is 2.35 bits per heavy atom. The summed E-state index contributed by atoms with van der Waals surface area (Å²) in [6, 6.07) is 9.20. The summed E-state index contributed by atoms with van der Waals surface area (Å²) in [7, 11) is -3.98. The highest BCUT2D eigenvalue weighted by molar-refractivity contribution is 7.97. The zero-order valence-electron chi connectivity index (χ0n) is 18.9. The van der Waals surface area contributed by atoms with Crippen LogP contribution in [0.4, 0.5) is 5.69 Å². The van der Waals surface area contributed by atoms with Crippen LogP contribution in [0.5, 0.6) is 0 Å². The summed E-state index contributed by atoms with van der Waals surface area (Å²) in [6.45, 7) is 18.8. The number of aryl methyl sites for hydroxylation is 1. The van der Waals surface area contributed by atoms with Gasteiger partial charge in [0.25, 0.3) is 0 Å². The molecule has 0 bridgehead atoms. The summed E-state index contributed by atoms with van der Waals surface area (Å²) in [5, 5.41) is 0. The van der Waals surface area contributed by atoms with Crippen molar-refractivity contribution in [1.29, 1.82) is 0 Å². The SMILES string of the molecule is [C-]#[N+]CCN(CC[N+]#[C-])c1c(C)cc(C=C2C(=O)c3ccccc3S2(=O)=O)cc1C(=O)OCC. The van der Waals surface area contributed by atoms with Gasteiger partial charge in [-0.05, 0) is 55.3 Å². The number of ether oxygens (including phenoxy) is 1. The molecule has 0 radical (unpaired) electrons. The highest BCUT2D eigenvalue weighted by atomic mass is 32.2. The number of ketones is 1. The molecule has 1 aliphatic heterocycles. The molecule has 0 saturated heterocycles. The zero-order chi connectivity index (χ0) is 24.9. The van der Waals surface area contributed by atoms with Crippen LogP contribution in [-0.2, 0) is 14.6 Å². The number of Topliss-reactive ketones (excluding diaryl/α,β-unsaturated/α-hetero) is 1. The lowest BCUT2D eigenvalue weighted by Gasteiger charge is -2.25. The van der Waals surface area contributed by atoms with Gasteiger partial charge in [-0.15, -0.1) is 0 Å². The number of nitrogens with zero attached hydrogens (tertiary/aromatic N) is 3. The lowest BCUT2D eigenvalue weighted by Crippen LogP contribution is -2.31. The molecule has 0 spiro atoms. The Kier molecular flexibility index (Phi) is 7.50. The third kappa shape index (κ3) is 4.70. The summed E-state index contributed by atoms with van der Waals surface area (Å²) in [5.74, 6) is -1.20. The second kappa shape index (κ2) is 10.3. The molecule has 0 atom stereocenters. The number of allylic oxidation sites excluding steroid dienone is 1. The van der Waals surface area contributed by atoms with Crippen molar-refractivity contribution in [2.45, 2.75) is 18.7 Å². The highest BCUT2D eigenvalue weighted by Crippen LogP contribution is 2.36. The summed E-state index contributed by atoms with van der Waals surface area (Å²) < 4.78 is 31.2. The number of fused-ring (bicyclic) bond motifs is 1. The Labute approximate surface area is 199 Å². The molecule has 9 heteroatoms. The van der Waals surface area contributed by atoms with Crippen molar-refractivity contribution in [1.82, 2.24) is 0 Å². The van der Waals surface area contributed by atoms with E-state index >= 15 is 0 Å². The number of sulfone groups is 1. The molecule has 0 saturated carbocycles. The Morgan fingerprint density at radius 1 is 1.12 bits per heavy atom. The van der Waals surface area contributed by atoms with Crippen LogP contribution >= 0.6 is 0 Å². The van der Waals surface area contributed by atoms with Gasteiger partial charge < -0.3 is 19.3 Å². The number of hydrogen-bond acceptors (Lipinski definition) is 6. The van der Waals surface area contributed by atoms with E-state index in [9.17, 15) is 18.0 Å². The van der Waals surface area contributed by atoms with E-state index in [4.69, 9.17) is 17.9 Å². The van der Waals surface area contributed by atoms with Crippen LogP contribution in [0.1, 0.15) is 38.8 Å². The van der Waals surface area contributed by atoms with E-state index in [0.717, 1.165) is 0 Å². The molecule has 1 aliphatic rings. The molecule has 8 nitrogen and oxygen atoms in total. The largest absolute Gasteiger partial charge is 0.462 e. The summed E-state index contributed by atoms with van der Waals surface area (Å²) >= 11 is 0. The van der Waals surface area contributed by atoms with Crippen molar-refractivity contribution < 1.29 is 22.7 Å². The van der Waals surface area contributed by atoms with E-state index in [1.54, 1.807) is 36.9 Å². The lowest BCUT2D eigenvalue weighted by molar-refractivity contribution is 0.0527. The van der Waals surface area contributed by atoms with Crippen LogP contribution in [0, 0.1) is 20.1 Å². The molecular formula is C25H23N3O5S. The van der Waals surface area contributed by atoms with Crippen molar-refractivity contribution in [2.75, 3.05) is 37.7 Å². The first-order valence-electron chi connectivity index (χ1n) is 10.6. The molecule has 0 aliphatic carbocycles. The highest BCUT2D eigenvalue weighted by Gasteiger charge is 2.38. The Hall–Kier alpha value is -3.95.